The first-order valence-corrected chi connectivity index (χ1v) is 6.39. The molecule has 2 nitrogen and oxygen atoms in total. The lowest BCUT2D eigenvalue weighted by molar-refractivity contribution is 0.375. The first-order valence-electron chi connectivity index (χ1n) is 5.23. The molecule has 0 amide bonds. The van der Waals surface area contributed by atoms with E-state index in [4.69, 9.17) is 4.42 Å². The standard InChI is InChI=1S/C11H17NOS/c1-9(11-3-2-6-13-11)12-10-4-7-14-8-5-10/h2-3,6,9-10,12H,4-5,7-8H2,1H3. The molecular weight excluding hydrogens is 194 g/mol. The van der Waals surface area contributed by atoms with E-state index in [9.17, 15) is 0 Å². The summed E-state index contributed by atoms with van der Waals surface area (Å²) in [5.41, 5.74) is 0. The molecule has 2 rings (SSSR count). The third-order valence-corrected chi connectivity index (χ3v) is 3.73. The Labute approximate surface area is 89.4 Å². The molecule has 1 saturated heterocycles. The Hall–Kier alpha value is -0.410. The molecule has 2 heterocycles. The largest absolute Gasteiger partial charge is 0.468 e. The van der Waals surface area contributed by atoms with Crippen molar-refractivity contribution in [2.75, 3.05) is 11.5 Å². The van der Waals surface area contributed by atoms with E-state index >= 15 is 0 Å². The Morgan fingerprint density at radius 2 is 2.29 bits per heavy atom. The topological polar surface area (TPSA) is 25.2 Å². The molecule has 0 aromatic carbocycles. The molecule has 0 radical (unpaired) electrons. The van der Waals surface area contributed by atoms with E-state index in [0.717, 1.165) is 5.76 Å². The molecule has 1 fully saturated rings. The van der Waals surface area contributed by atoms with Crippen molar-refractivity contribution in [3.05, 3.63) is 24.2 Å². The smallest absolute Gasteiger partial charge is 0.120 e. The van der Waals surface area contributed by atoms with Gasteiger partial charge in [0.05, 0.1) is 12.3 Å². The maximum absolute atomic E-state index is 5.37. The van der Waals surface area contributed by atoms with Crippen LogP contribution in [0.2, 0.25) is 0 Å². The number of hydrogen-bond acceptors (Lipinski definition) is 3. The zero-order valence-electron chi connectivity index (χ0n) is 8.53. The molecule has 0 aliphatic carbocycles. The van der Waals surface area contributed by atoms with E-state index in [1.54, 1.807) is 6.26 Å². The van der Waals surface area contributed by atoms with E-state index in [0.29, 0.717) is 12.1 Å². The molecule has 1 aliphatic rings. The fourth-order valence-corrected chi connectivity index (χ4v) is 2.94. The van der Waals surface area contributed by atoms with E-state index in [1.165, 1.54) is 24.3 Å². The Balaban J connectivity index is 1.84. The zero-order valence-corrected chi connectivity index (χ0v) is 9.35. The fourth-order valence-electron chi connectivity index (χ4n) is 1.84. The second kappa shape index (κ2) is 4.89. The van der Waals surface area contributed by atoms with Crippen molar-refractivity contribution in [3.8, 4) is 0 Å². The molecule has 0 bridgehead atoms. The molecule has 1 aliphatic heterocycles. The van der Waals surface area contributed by atoms with Gasteiger partial charge in [-0.25, -0.2) is 0 Å². The summed E-state index contributed by atoms with van der Waals surface area (Å²) in [6.45, 7) is 2.17. The second-order valence-electron chi connectivity index (χ2n) is 3.79. The minimum absolute atomic E-state index is 0.345. The Morgan fingerprint density at radius 3 is 2.93 bits per heavy atom. The lowest BCUT2D eigenvalue weighted by Gasteiger charge is -2.25. The van der Waals surface area contributed by atoms with Crippen LogP contribution in [0.5, 0.6) is 0 Å². The molecule has 1 atom stereocenters. The molecule has 1 aromatic rings. The van der Waals surface area contributed by atoms with E-state index in [-0.39, 0.29) is 0 Å². The maximum atomic E-state index is 5.37. The SMILES string of the molecule is CC(NC1CCSCC1)c1ccco1. The summed E-state index contributed by atoms with van der Waals surface area (Å²) in [6, 6.07) is 5.01. The van der Waals surface area contributed by atoms with Crippen molar-refractivity contribution in [2.45, 2.75) is 31.8 Å². The van der Waals surface area contributed by atoms with E-state index in [2.05, 4.69) is 24.0 Å². The Bertz CT molecular complexity index is 254. The quantitative estimate of drug-likeness (QED) is 0.832. The van der Waals surface area contributed by atoms with Gasteiger partial charge in [-0.3, -0.25) is 0 Å². The zero-order chi connectivity index (χ0) is 9.80. The molecule has 1 N–H and O–H groups in total. The summed E-state index contributed by atoms with van der Waals surface area (Å²) >= 11 is 2.06. The van der Waals surface area contributed by atoms with Gasteiger partial charge in [-0.2, -0.15) is 11.8 Å². The van der Waals surface area contributed by atoms with Gasteiger partial charge in [0.1, 0.15) is 5.76 Å². The highest BCUT2D eigenvalue weighted by Crippen LogP contribution is 2.20. The van der Waals surface area contributed by atoms with Crippen LogP contribution >= 0.6 is 11.8 Å². The predicted octanol–water partition coefficient (Wildman–Crippen LogP) is 2.83. The monoisotopic (exact) mass is 211 g/mol. The van der Waals surface area contributed by atoms with Crippen LogP contribution in [0.15, 0.2) is 22.8 Å². The first kappa shape index (κ1) is 10.1. The number of thioether (sulfide) groups is 1. The number of hydrogen-bond donors (Lipinski definition) is 1. The predicted molar refractivity (Wildman–Crippen MR) is 60.6 cm³/mol. The highest BCUT2D eigenvalue weighted by Gasteiger charge is 2.17. The van der Waals surface area contributed by atoms with E-state index in [1.807, 2.05) is 12.1 Å². The molecular formula is C11H17NOS. The van der Waals surface area contributed by atoms with Gasteiger partial charge in [0.15, 0.2) is 0 Å². The fraction of sp³-hybridized carbons (Fsp3) is 0.636. The van der Waals surface area contributed by atoms with Crippen LogP contribution < -0.4 is 5.32 Å². The number of rotatable bonds is 3. The Morgan fingerprint density at radius 1 is 1.50 bits per heavy atom. The van der Waals surface area contributed by atoms with Gasteiger partial charge in [0.2, 0.25) is 0 Å². The summed E-state index contributed by atoms with van der Waals surface area (Å²) in [4.78, 5) is 0. The molecule has 78 valence electrons. The lowest BCUT2D eigenvalue weighted by atomic mass is 10.1. The Kier molecular flexibility index (Phi) is 3.54. The minimum Gasteiger partial charge on any atom is -0.468 e. The summed E-state index contributed by atoms with van der Waals surface area (Å²) in [5, 5.41) is 3.61. The highest BCUT2D eigenvalue weighted by molar-refractivity contribution is 7.99. The average Bonchev–Trinajstić information content (AvgIpc) is 2.72. The molecule has 0 saturated carbocycles. The van der Waals surface area contributed by atoms with Crippen LogP contribution in [0.3, 0.4) is 0 Å². The van der Waals surface area contributed by atoms with Gasteiger partial charge in [0, 0.05) is 6.04 Å². The van der Waals surface area contributed by atoms with Crippen molar-refractivity contribution in [1.29, 1.82) is 0 Å². The lowest BCUT2D eigenvalue weighted by Crippen LogP contribution is -2.34. The summed E-state index contributed by atoms with van der Waals surface area (Å²) in [5.74, 6) is 3.63. The van der Waals surface area contributed by atoms with Crippen molar-refractivity contribution in [1.82, 2.24) is 5.32 Å². The highest BCUT2D eigenvalue weighted by atomic mass is 32.2. The van der Waals surface area contributed by atoms with Crippen LogP contribution in [0.25, 0.3) is 0 Å². The van der Waals surface area contributed by atoms with Gasteiger partial charge < -0.3 is 9.73 Å². The van der Waals surface area contributed by atoms with Gasteiger partial charge in [-0.1, -0.05) is 0 Å². The van der Waals surface area contributed by atoms with Crippen molar-refractivity contribution in [3.63, 3.8) is 0 Å². The number of furan rings is 1. The van der Waals surface area contributed by atoms with Crippen LogP contribution in [0.4, 0.5) is 0 Å². The average molecular weight is 211 g/mol. The summed E-state index contributed by atoms with van der Waals surface area (Å²) in [6.07, 6.45) is 4.32. The summed E-state index contributed by atoms with van der Waals surface area (Å²) < 4.78 is 5.37. The second-order valence-corrected chi connectivity index (χ2v) is 5.02. The van der Waals surface area contributed by atoms with Crippen LogP contribution in [-0.4, -0.2) is 17.5 Å². The van der Waals surface area contributed by atoms with Crippen LogP contribution in [0.1, 0.15) is 31.6 Å². The van der Waals surface area contributed by atoms with Gasteiger partial charge in [-0.15, -0.1) is 0 Å². The minimum atomic E-state index is 0.345. The number of nitrogens with one attached hydrogen (secondary N) is 1. The summed E-state index contributed by atoms with van der Waals surface area (Å²) in [7, 11) is 0. The van der Waals surface area contributed by atoms with Gasteiger partial charge in [0.25, 0.3) is 0 Å². The molecule has 14 heavy (non-hydrogen) atoms. The van der Waals surface area contributed by atoms with Crippen LogP contribution in [0, 0.1) is 0 Å². The molecule has 3 heteroatoms. The normalized spacial score (nSPS) is 20.9. The van der Waals surface area contributed by atoms with Crippen molar-refractivity contribution in [2.24, 2.45) is 0 Å². The van der Waals surface area contributed by atoms with E-state index < -0.39 is 0 Å². The molecule has 1 unspecified atom stereocenters. The maximum Gasteiger partial charge on any atom is 0.120 e. The first-order chi connectivity index (χ1) is 6.86. The van der Waals surface area contributed by atoms with Crippen molar-refractivity contribution >= 4 is 11.8 Å². The molecule has 0 spiro atoms. The van der Waals surface area contributed by atoms with Crippen molar-refractivity contribution < 1.29 is 4.42 Å². The van der Waals surface area contributed by atoms with Gasteiger partial charge in [-0.05, 0) is 43.4 Å². The third kappa shape index (κ3) is 2.55. The molecule has 1 aromatic heterocycles. The van der Waals surface area contributed by atoms with Gasteiger partial charge >= 0.3 is 0 Å². The third-order valence-electron chi connectivity index (χ3n) is 2.68. The van der Waals surface area contributed by atoms with Crippen LogP contribution in [-0.2, 0) is 0 Å².